The van der Waals surface area contributed by atoms with Gasteiger partial charge in [-0.2, -0.15) is 0 Å². The molecule has 0 heterocycles. The minimum Gasteiger partial charge on any atom is -0.0776 e. The number of allylic oxidation sites excluding steroid dienone is 4. The molecular weight excluding hydrogens is 276 g/mol. The Hall–Kier alpha value is -0.520. The summed E-state index contributed by atoms with van der Waals surface area (Å²) in [7, 11) is 0. The van der Waals surface area contributed by atoms with E-state index in [1.165, 1.54) is 70.6 Å². The van der Waals surface area contributed by atoms with Crippen molar-refractivity contribution >= 4 is 0 Å². The van der Waals surface area contributed by atoms with Crippen molar-refractivity contribution < 1.29 is 0 Å². The SMILES string of the molecule is C.CCC(C)CC1(CC(C)CC2CCC3=C2CC3)CCC2=C1C2. The molecule has 0 aliphatic heterocycles. The fraction of sp³-hybridized carbons (Fsp3) is 0.826. The van der Waals surface area contributed by atoms with Crippen LogP contribution in [0.4, 0.5) is 0 Å². The third-order valence-electron chi connectivity index (χ3n) is 7.54. The molecule has 0 heteroatoms. The van der Waals surface area contributed by atoms with Gasteiger partial charge in [-0.3, -0.25) is 0 Å². The van der Waals surface area contributed by atoms with Gasteiger partial charge in [0.15, 0.2) is 0 Å². The van der Waals surface area contributed by atoms with Crippen molar-refractivity contribution in [3.63, 3.8) is 0 Å². The maximum atomic E-state index is 2.57. The maximum absolute atomic E-state index is 2.57. The molecule has 0 radical (unpaired) electrons. The van der Waals surface area contributed by atoms with Crippen molar-refractivity contribution in [1.82, 2.24) is 0 Å². The smallest absolute Gasteiger partial charge is 0.00740 e. The van der Waals surface area contributed by atoms with E-state index in [4.69, 9.17) is 0 Å². The van der Waals surface area contributed by atoms with Crippen LogP contribution in [0.25, 0.3) is 0 Å². The Morgan fingerprint density at radius 1 is 1.00 bits per heavy atom. The van der Waals surface area contributed by atoms with E-state index in [2.05, 4.69) is 20.8 Å². The molecule has 4 atom stereocenters. The lowest BCUT2D eigenvalue weighted by atomic mass is 9.68. The van der Waals surface area contributed by atoms with Gasteiger partial charge in [-0.25, -0.2) is 0 Å². The van der Waals surface area contributed by atoms with Crippen LogP contribution in [0.1, 0.15) is 98.8 Å². The molecule has 0 saturated carbocycles. The van der Waals surface area contributed by atoms with Crippen LogP contribution in [0.2, 0.25) is 0 Å². The van der Waals surface area contributed by atoms with Gasteiger partial charge in [-0.05, 0) is 87.4 Å². The van der Waals surface area contributed by atoms with Crippen LogP contribution in [0.3, 0.4) is 0 Å². The zero-order valence-electron chi connectivity index (χ0n) is 15.0. The van der Waals surface area contributed by atoms with E-state index >= 15 is 0 Å². The van der Waals surface area contributed by atoms with Crippen molar-refractivity contribution in [3.05, 3.63) is 22.3 Å². The quantitative estimate of drug-likeness (QED) is 0.428. The molecule has 4 rings (SSSR count). The van der Waals surface area contributed by atoms with Crippen LogP contribution in [0.5, 0.6) is 0 Å². The lowest BCUT2D eigenvalue weighted by Crippen LogP contribution is -2.25. The van der Waals surface area contributed by atoms with Gasteiger partial charge in [0.25, 0.3) is 0 Å². The summed E-state index contributed by atoms with van der Waals surface area (Å²) in [5.41, 5.74) is 8.19. The third kappa shape index (κ3) is 3.08. The maximum Gasteiger partial charge on any atom is -0.00740 e. The van der Waals surface area contributed by atoms with Gasteiger partial charge in [-0.1, -0.05) is 56.9 Å². The molecule has 0 aromatic heterocycles. The number of hydrogen-bond acceptors (Lipinski definition) is 0. The van der Waals surface area contributed by atoms with Gasteiger partial charge >= 0.3 is 0 Å². The predicted octanol–water partition coefficient (Wildman–Crippen LogP) is 7.46. The summed E-state index contributed by atoms with van der Waals surface area (Å²) in [5.74, 6) is 2.81. The van der Waals surface area contributed by atoms with Crippen molar-refractivity contribution in [3.8, 4) is 0 Å². The molecule has 0 saturated heterocycles. The highest BCUT2D eigenvalue weighted by atomic mass is 14.5. The van der Waals surface area contributed by atoms with Crippen molar-refractivity contribution in [2.75, 3.05) is 0 Å². The third-order valence-corrected chi connectivity index (χ3v) is 7.54. The normalized spacial score (nSPS) is 33.8. The largest absolute Gasteiger partial charge is 0.0776 e. The zero-order chi connectivity index (χ0) is 15.3. The van der Waals surface area contributed by atoms with Gasteiger partial charge < -0.3 is 0 Å². The Kier molecular flexibility index (Phi) is 4.83. The number of rotatable bonds is 7. The molecule has 4 aliphatic rings. The molecule has 4 unspecified atom stereocenters. The summed E-state index contributed by atoms with van der Waals surface area (Å²) in [4.78, 5) is 0. The molecule has 0 fully saturated rings. The van der Waals surface area contributed by atoms with E-state index in [-0.39, 0.29) is 7.43 Å². The average molecular weight is 315 g/mol. The summed E-state index contributed by atoms with van der Waals surface area (Å²) in [6, 6.07) is 0. The van der Waals surface area contributed by atoms with E-state index in [0.717, 1.165) is 17.8 Å². The van der Waals surface area contributed by atoms with Crippen LogP contribution < -0.4 is 0 Å². The van der Waals surface area contributed by atoms with E-state index < -0.39 is 0 Å². The fourth-order valence-corrected chi connectivity index (χ4v) is 6.10. The Bertz CT molecular complexity index is 520. The highest BCUT2D eigenvalue weighted by molar-refractivity contribution is 5.45. The molecule has 0 aromatic rings. The molecule has 0 nitrogen and oxygen atoms in total. The molecule has 23 heavy (non-hydrogen) atoms. The van der Waals surface area contributed by atoms with Gasteiger partial charge in [0, 0.05) is 0 Å². The summed E-state index contributed by atoms with van der Waals surface area (Å²) in [6.45, 7) is 7.42. The van der Waals surface area contributed by atoms with E-state index in [9.17, 15) is 0 Å². The second-order valence-corrected chi connectivity index (χ2v) is 9.17. The molecule has 0 aromatic carbocycles. The second kappa shape index (κ2) is 6.41. The first-order chi connectivity index (χ1) is 10.6. The van der Waals surface area contributed by atoms with Crippen LogP contribution in [-0.2, 0) is 0 Å². The second-order valence-electron chi connectivity index (χ2n) is 9.17. The molecule has 0 amide bonds. The number of hydrogen-bond donors (Lipinski definition) is 0. The van der Waals surface area contributed by atoms with Crippen LogP contribution >= 0.6 is 0 Å². The molecule has 0 bridgehead atoms. The summed E-state index contributed by atoms with van der Waals surface area (Å²) < 4.78 is 0. The molecule has 0 spiro atoms. The van der Waals surface area contributed by atoms with Gasteiger partial charge in [-0.15, -0.1) is 0 Å². The lowest BCUT2D eigenvalue weighted by Gasteiger charge is -2.37. The minimum absolute atomic E-state index is 0. The van der Waals surface area contributed by atoms with Crippen LogP contribution in [-0.4, -0.2) is 0 Å². The Labute approximate surface area is 144 Å². The predicted molar refractivity (Wildman–Crippen MR) is 101 cm³/mol. The highest BCUT2D eigenvalue weighted by Gasteiger charge is 2.48. The first kappa shape index (κ1) is 17.3. The highest BCUT2D eigenvalue weighted by Crippen LogP contribution is 2.62. The summed E-state index contributed by atoms with van der Waals surface area (Å²) >= 11 is 0. The van der Waals surface area contributed by atoms with E-state index in [1.807, 2.05) is 22.3 Å². The Morgan fingerprint density at radius 3 is 2.30 bits per heavy atom. The van der Waals surface area contributed by atoms with E-state index in [0.29, 0.717) is 5.41 Å². The summed E-state index contributed by atoms with van der Waals surface area (Å²) in [6.07, 6.45) is 16.0. The Balaban J connectivity index is 0.00000156. The zero-order valence-corrected chi connectivity index (χ0v) is 15.0. The van der Waals surface area contributed by atoms with Gasteiger partial charge in [0.1, 0.15) is 0 Å². The van der Waals surface area contributed by atoms with Crippen LogP contribution in [0, 0.1) is 23.2 Å². The van der Waals surface area contributed by atoms with Gasteiger partial charge in [0.2, 0.25) is 0 Å². The van der Waals surface area contributed by atoms with Gasteiger partial charge in [0.05, 0.1) is 0 Å². The topological polar surface area (TPSA) is 0 Å². The first-order valence-electron chi connectivity index (χ1n) is 10.0. The standard InChI is InChI=1S/C22H34.CH4/c1-4-15(2)13-22(10-9-19-12-21(19)22)14-16(3)11-18-6-5-17-7-8-20(17)18;/h15-16,18H,4-14H2,1-3H3;1H4. The fourth-order valence-electron chi connectivity index (χ4n) is 6.10. The molecule has 4 aliphatic carbocycles. The van der Waals surface area contributed by atoms with Crippen molar-refractivity contribution in [1.29, 1.82) is 0 Å². The van der Waals surface area contributed by atoms with E-state index in [1.54, 1.807) is 0 Å². The lowest BCUT2D eigenvalue weighted by molar-refractivity contribution is 0.197. The Morgan fingerprint density at radius 2 is 1.78 bits per heavy atom. The molecule has 0 N–H and O–H groups in total. The minimum atomic E-state index is 0. The van der Waals surface area contributed by atoms with Crippen molar-refractivity contribution in [2.45, 2.75) is 98.8 Å². The molecular formula is C23H38. The molecule has 130 valence electrons. The first-order valence-corrected chi connectivity index (χ1v) is 10.0. The average Bonchev–Trinajstić information content (AvgIpc) is 3.10. The summed E-state index contributed by atoms with van der Waals surface area (Å²) in [5, 5.41) is 0. The van der Waals surface area contributed by atoms with Crippen LogP contribution in [0.15, 0.2) is 22.3 Å². The van der Waals surface area contributed by atoms with Crippen molar-refractivity contribution in [2.24, 2.45) is 23.2 Å². The monoisotopic (exact) mass is 314 g/mol.